The first-order valence-electron chi connectivity index (χ1n) is 8.57. The number of unbranched alkanes of at least 4 members (excludes halogenated alkanes) is 3. The van der Waals surface area contributed by atoms with Gasteiger partial charge in [-0.05, 0) is 18.6 Å². The van der Waals surface area contributed by atoms with E-state index in [-0.39, 0.29) is 23.7 Å². The van der Waals surface area contributed by atoms with Gasteiger partial charge in [-0.3, -0.25) is 10.1 Å². The SMILES string of the molecule is CCCCCCNc1ccc(S(=O)(=O)N2CCOCC2)cc1[N+](=O)[O-]. The predicted octanol–water partition coefficient (Wildman–Crippen LogP) is 2.61. The average Bonchev–Trinajstić information content (AvgIpc) is 2.62. The number of rotatable bonds is 9. The number of hydrogen-bond acceptors (Lipinski definition) is 6. The largest absolute Gasteiger partial charge is 0.379 e. The third kappa shape index (κ3) is 5.13. The number of nitro groups is 1. The summed E-state index contributed by atoms with van der Waals surface area (Å²) in [6.45, 7) is 3.92. The van der Waals surface area contributed by atoms with Gasteiger partial charge in [0.2, 0.25) is 10.0 Å². The highest BCUT2D eigenvalue weighted by molar-refractivity contribution is 7.89. The fourth-order valence-corrected chi connectivity index (χ4v) is 4.11. The van der Waals surface area contributed by atoms with Crippen LogP contribution in [0.25, 0.3) is 0 Å². The normalized spacial score (nSPS) is 15.9. The lowest BCUT2D eigenvalue weighted by Crippen LogP contribution is -2.40. The molecule has 0 saturated carbocycles. The number of nitro benzene ring substituents is 1. The number of hydrogen-bond donors (Lipinski definition) is 1. The van der Waals surface area contributed by atoms with Crippen LogP contribution in [0, 0.1) is 10.1 Å². The Hall–Kier alpha value is -1.71. The van der Waals surface area contributed by atoms with Crippen molar-refractivity contribution in [3.63, 3.8) is 0 Å². The van der Waals surface area contributed by atoms with E-state index in [2.05, 4.69) is 12.2 Å². The highest BCUT2D eigenvalue weighted by Gasteiger charge is 2.28. The van der Waals surface area contributed by atoms with E-state index < -0.39 is 14.9 Å². The fourth-order valence-electron chi connectivity index (χ4n) is 2.68. The molecule has 8 nitrogen and oxygen atoms in total. The molecule has 2 rings (SSSR count). The molecule has 1 N–H and O–H groups in total. The van der Waals surface area contributed by atoms with Crippen LogP contribution in [0.3, 0.4) is 0 Å². The van der Waals surface area contributed by atoms with Crippen LogP contribution in [0.4, 0.5) is 11.4 Å². The smallest absolute Gasteiger partial charge is 0.293 e. The summed E-state index contributed by atoms with van der Waals surface area (Å²) in [7, 11) is -3.75. The van der Waals surface area contributed by atoms with E-state index in [0.717, 1.165) is 31.7 Å². The minimum atomic E-state index is -3.75. The van der Waals surface area contributed by atoms with Crippen LogP contribution in [0.15, 0.2) is 23.1 Å². The van der Waals surface area contributed by atoms with Gasteiger partial charge in [-0.1, -0.05) is 26.2 Å². The molecule has 0 aliphatic carbocycles. The summed E-state index contributed by atoms with van der Waals surface area (Å²) >= 11 is 0. The third-order valence-electron chi connectivity index (χ3n) is 4.12. The molecular weight excluding hydrogens is 346 g/mol. The second kappa shape index (κ2) is 9.12. The first-order chi connectivity index (χ1) is 12.0. The molecule has 1 saturated heterocycles. The standard InChI is InChI=1S/C16H25N3O5S/c1-2-3-4-5-8-17-15-7-6-14(13-16(15)19(20)21)25(22,23)18-9-11-24-12-10-18/h6-7,13,17H,2-5,8-12H2,1H3. The van der Waals surface area contributed by atoms with E-state index in [4.69, 9.17) is 4.74 Å². The van der Waals surface area contributed by atoms with Gasteiger partial charge in [-0.2, -0.15) is 4.31 Å². The minimum absolute atomic E-state index is 0.0577. The zero-order chi connectivity index (χ0) is 18.3. The number of benzene rings is 1. The molecule has 9 heteroatoms. The first-order valence-corrected chi connectivity index (χ1v) is 10.0. The Balaban J connectivity index is 2.15. The number of nitrogens with zero attached hydrogens (tertiary/aromatic N) is 2. The number of anilines is 1. The molecule has 25 heavy (non-hydrogen) atoms. The Morgan fingerprint density at radius 3 is 2.60 bits per heavy atom. The Morgan fingerprint density at radius 2 is 1.96 bits per heavy atom. The van der Waals surface area contributed by atoms with Crippen LogP contribution in [0.1, 0.15) is 32.6 Å². The lowest BCUT2D eigenvalue weighted by Gasteiger charge is -2.26. The van der Waals surface area contributed by atoms with Gasteiger partial charge in [0.15, 0.2) is 0 Å². The number of nitrogens with one attached hydrogen (secondary N) is 1. The lowest BCUT2D eigenvalue weighted by atomic mass is 10.2. The molecule has 1 heterocycles. The fraction of sp³-hybridized carbons (Fsp3) is 0.625. The average molecular weight is 371 g/mol. The second-order valence-electron chi connectivity index (χ2n) is 5.94. The summed E-state index contributed by atoms with van der Waals surface area (Å²) in [5.41, 5.74) is 0.132. The summed E-state index contributed by atoms with van der Waals surface area (Å²) in [5, 5.41) is 14.4. The quantitative estimate of drug-likeness (QED) is 0.407. The molecule has 1 fully saturated rings. The van der Waals surface area contributed by atoms with Crippen LogP contribution >= 0.6 is 0 Å². The molecule has 1 aliphatic heterocycles. The van der Waals surface area contributed by atoms with Crippen molar-refractivity contribution in [3.8, 4) is 0 Å². The van der Waals surface area contributed by atoms with Crippen molar-refractivity contribution in [1.82, 2.24) is 4.31 Å². The lowest BCUT2D eigenvalue weighted by molar-refractivity contribution is -0.384. The van der Waals surface area contributed by atoms with Crippen molar-refractivity contribution in [3.05, 3.63) is 28.3 Å². The van der Waals surface area contributed by atoms with E-state index >= 15 is 0 Å². The molecule has 0 unspecified atom stereocenters. The molecular formula is C16H25N3O5S. The Labute approximate surface area is 148 Å². The summed E-state index contributed by atoms with van der Waals surface area (Å²) in [4.78, 5) is 10.7. The summed E-state index contributed by atoms with van der Waals surface area (Å²) in [6.07, 6.45) is 4.22. The maximum Gasteiger partial charge on any atom is 0.293 e. The van der Waals surface area contributed by atoms with Crippen LogP contribution in [-0.4, -0.2) is 50.5 Å². The first kappa shape index (κ1) is 19.6. The molecule has 0 amide bonds. The molecule has 140 valence electrons. The zero-order valence-electron chi connectivity index (χ0n) is 14.4. The zero-order valence-corrected chi connectivity index (χ0v) is 15.3. The molecule has 0 aromatic heterocycles. The van der Waals surface area contributed by atoms with E-state index in [1.165, 1.54) is 16.4 Å². The van der Waals surface area contributed by atoms with Crippen molar-refractivity contribution in [2.75, 3.05) is 38.2 Å². The highest BCUT2D eigenvalue weighted by Crippen LogP contribution is 2.29. The van der Waals surface area contributed by atoms with Gasteiger partial charge >= 0.3 is 0 Å². The van der Waals surface area contributed by atoms with Gasteiger partial charge in [0, 0.05) is 25.7 Å². The van der Waals surface area contributed by atoms with Crippen LogP contribution in [0.5, 0.6) is 0 Å². The van der Waals surface area contributed by atoms with Gasteiger partial charge in [-0.15, -0.1) is 0 Å². The molecule has 1 aliphatic rings. The van der Waals surface area contributed by atoms with E-state index in [1.807, 2.05) is 0 Å². The summed E-state index contributed by atoms with van der Waals surface area (Å²) in [6, 6.07) is 4.04. The summed E-state index contributed by atoms with van der Waals surface area (Å²) < 4.78 is 31.7. The highest BCUT2D eigenvalue weighted by atomic mass is 32.2. The molecule has 0 atom stereocenters. The van der Waals surface area contributed by atoms with Gasteiger partial charge in [0.05, 0.1) is 23.0 Å². The van der Waals surface area contributed by atoms with Gasteiger partial charge in [0.1, 0.15) is 5.69 Å². The predicted molar refractivity (Wildman–Crippen MR) is 95.3 cm³/mol. The Kier molecular flexibility index (Phi) is 7.15. The van der Waals surface area contributed by atoms with Crippen molar-refractivity contribution < 1.29 is 18.1 Å². The van der Waals surface area contributed by atoms with Crippen molar-refractivity contribution >= 4 is 21.4 Å². The number of sulfonamides is 1. The van der Waals surface area contributed by atoms with Crippen LogP contribution in [-0.2, 0) is 14.8 Å². The van der Waals surface area contributed by atoms with Gasteiger partial charge < -0.3 is 10.1 Å². The minimum Gasteiger partial charge on any atom is -0.379 e. The van der Waals surface area contributed by atoms with Crippen molar-refractivity contribution in [2.24, 2.45) is 0 Å². The van der Waals surface area contributed by atoms with E-state index in [1.54, 1.807) is 0 Å². The summed E-state index contributed by atoms with van der Waals surface area (Å²) in [5.74, 6) is 0. The molecule has 0 radical (unpaired) electrons. The Bertz CT molecular complexity index is 687. The van der Waals surface area contributed by atoms with Crippen molar-refractivity contribution in [1.29, 1.82) is 0 Å². The van der Waals surface area contributed by atoms with Crippen LogP contribution in [0.2, 0.25) is 0 Å². The molecule has 1 aromatic rings. The number of morpholine rings is 1. The Morgan fingerprint density at radius 1 is 1.24 bits per heavy atom. The number of ether oxygens (including phenoxy) is 1. The van der Waals surface area contributed by atoms with E-state index in [0.29, 0.717) is 25.4 Å². The topological polar surface area (TPSA) is 102 Å². The van der Waals surface area contributed by atoms with Crippen LogP contribution < -0.4 is 5.32 Å². The maximum absolute atomic E-state index is 12.6. The van der Waals surface area contributed by atoms with Crippen molar-refractivity contribution in [2.45, 2.75) is 37.5 Å². The van der Waals surface area contributed by atoms with Gasteiger partial charge in [0.25, 0.3) is 5.69 Å². The second-order valence-corrected chi connectivity index (χ2v) is 7.88. The molecule has 0 bridgehead atoms. The molecule has 1 aromatic carbocycles. The third-order valence-corrected chi connectivity index (χ3v) is 6.01. The van der Waals surface area contributed by atoms with Gasteiger partial charge in [-0.25, -0.2) is 8.42 Å². The maximum atomic E-state index is 12.6. The van der Waals surface area contributed by atoms with E-state index in [9.17, 15) is 18.5 Å². The molecule has 0 spiro atoms. The monoisotopic (exact) mass is 371 g/mol.